The van der Waals surface area contributed by atoms with Crippen LogP contribution in [0.2, 0.25) is 0 Å². The molecule has 25 heavy (non-hydrogen) atoms. The first-order valence-corrected chi connectivity index (χ1v) is 10.2. The summed E-state index contributed by atoms with van der Waals surface area (Å²) in [6, 6.07) is 18.6. The molecule has 2 aromatic rings. The Morgan fingerprint density at radius 1 is 0.920 bits per heavy atom. The van der Waals surface area contributed by atoms with Crippen molar-refractivity contribution in [3.05, 3.63) is 60.7 Å². The Morgan fingerprint density at radius 3 is 1.80 bits per heavy atom. The highest BCUT2D eigenvalue weighted by Gasteiger charge is 2.22. The summed E-state index contributed by atoms with van der Waals surface area (Å²) in [4.78, 5) is 22.0. The van der Waals surface area contributed by atoms with E-state index in [-0.39, 0.29) is 18.6 Å². The van der Waals surface area contributed by atoms with E-state index < -0.39 is 18.1 Å². The van der Waals surface area contributed by atoms with E-state index in [1.54, 1.807) is 0 Å². The molecule has 0 saturated carbocycles. The van der Waals surface area contributed by atoms with Gasteiger partial charge >= 0.3 is 11.9 Å². The molecule has 0 heterocycles. The fourth-order valence-corrected chi connectivity index (χ4v) is 4.93. The third-order valence-electron chi connectivity index (χ3n) is 3.39. The molecule has 0 spiro atoms. The van der Waals surface area contributed by atoms with Crippen molar-refractivity contribution in [1.29, 1.82) is 0 Å². The normalized spacial score (nSPS) is 11.8. The number of carboxylic acid groups (broad SMARTS) is 2. The fraction of sp³-hybridized carbons (Fsp3) is 0.118. The van der Waals surface area contributed by atoms with Gasteiger partial charge in [-0.2, -0.15) is 5.10 Å². The van der Waals surface area contributed by atoms with Gasteiger partial charge in [0.05, 0.1) is 6.42 Å². The fourth-order valence-electron chi connectivity index (χ4n) is 2.11. The lowest BCUT2D eigenvalue weighted by molar-refractivity contribution is -0.136. The van der Waals surface area contributed by atoms with E-state index >= 15 is 0 Å². The highest BCUT2D eigenvalue weighted by atomic mass is 32.4. The molecule has 0 aromatic heterocycles. The van der Waals surface area contributed by atoms with Crippen molar-refractivity contribution in [3.63, 3.8) is 0 Å². The standard InChI is InChI=1S/C17H17N2O4PS/c20-16(21)12-11-15(17(22)23)18-19-24(25,13-7-3-1-4-8-13)14-9-5-2-6-10-14/h1-10H,11-12H2,(H,19,25)(H,20,21)(H,22,23). The molecule has 0 amide bonds. The van der Waals surface area contributed by atoms with Gasteiger partial charge in [0.15, 0.2) is 0 Å². The van der Waals surface area contributed by atoms with Crippen molar-refractivity contribution in [1.82, 2.24) is 5.20 Å². The molecular formula is C17H17N2O4PS. The average molecular weight is 376 g/mol. The number of nitrogens with zero attached hydrogens (tertiary/aromatic N) is 1. The van der Waals surface area contributed by atoms with E-state index in [2.05, 4.69) is 10.3 Å². The van der Waals surface area contributed by atoms with Crippen LogP contribution in [0, 0.1) is 0 Å². The molecule has 0 fully saturated rings. The number of aliphatic carboxylic acids is 2. The second kappa shape index (κ2) is 8.55. The zero-order valence-electron chi connectivity index (χ0n) is 13.2. The first-order chi connectivity index (χ1) is 11.9. The smallest absolute Gasteiger partial charge is 0.352 e. The molecule has 0 bridgehead atoms. The molecular weight excluding hydrogens is 359 g/mol. The van der Waals surface area contributed by atoms with Crippen LogP contribution in [0.25, 0.3) is 0 Å². The van der Waals surface area contributed by atoms with Gasteiger partial charge in [0.2, 0.25) is 0 Å². The second-order valence-electron chi connectivity index (χ2n) is 5.14. The number of carbonyl (C=O) groups is 2. The summed E-state index contributed by atoms with van der Waals surface area (Å²) in [6.07, 6.45) is -3.08. The Hall–Kier alpha value is -2.50. The zero-order chi connectivity index (χ0) is 18.3. The minimum absolute atomic E-state index is 0.184. The second-order valence-corrected chi connectivity index (χ2v) is 9.23. The maximum atomic E-state index is 11.3. The number of rotatable bonds is 8. The lowest BCUT2D eigenvalue weighted by Gasteiger charge is -2.23. The average Bonchev–Trinajstić information content (AvgIpc) is 2.62. The minimum Gasteiger partial charge on any atom is -0.481 e. The van der Waals surface area contributed by atoms with Gasteiger partial charge in [-0.15, -0.1) is 0 Å². The third kappa shape index (κ3) is 4.98. The van der Waals surface area contributed by atoms with E-state index in [0.29, 0.717) is 0 Å². The summed E-state index contributed by atoms with van der Waals surface area (Å²) < 4.78 is 0. The molecule has 0 aliphatic heterocycles. The molecule has 0 atom stereocenters. The van der Waals surface area contributed by atoms with Gasteiger partial charge in [0, 0.05) is 17.0 Å². The van der Waals surface area contributed by atoms with Crippen LogP contribution in [0.1, 0.15) is 12.8 Å². The Kier molecular flexibility index (Phi) is 6.44. The highest BCUT2D eigenvalue weighted by molar-refractivity contribution is 8.20. The van der Waals surface area contributed by atoms with Crippen molar-refractivity contribution in [3.8, 4) is 0 Å². The van der Waals surface area contributed by atoms with Crippen LogP contribution in [0.15, 0.2) is 65.8 Å². The molecule has 3 N–H and O–H groups in total. The van der Waals surface area contributed by atoms with Crippen LogP contribution in [-0.4, -0.2) is 27.9 Å². The Labute approximate surface area is 150 Å². The first kappa shape index (κ1) is 18.8. The van der Waals surface area contributed by atoms with Crippen molar-refractivity contribution in [2.75, 3.05) is 0 Å². The van der Waals surface area contributed by atoms with E-state index in [4.69, 9.17) is 16.9 Å². The molecule has 0 aliphatic carbocycles. The van der Waals surface area contributed by atoms with E-state index in [0.717, 1.165) is 10.6 Å². The van der Waals surface area contributed by atoms with Crippen LogP contribution in [0.4, 0.5) is 0 Å². The summed E-state index contributed by atoms with van der Waals surface area (Å²) in [6.45, 7) is 0. The van der Waals surface area contributed by atoms with Gasteiger partial charge in [0.1, 0.15) is 11.9 Å². The molecule has 0 radical (unpaired) electrons. The molecule has 0 aliphatic rings. The number of benzene rings is 2. The van der Waals surface area contributed by atoms with Crippen molar-refractivity contribution in [2.24, 2.45) is 5.10 Å². The summed E-state index contributed by atoms with van der Waals surface area (Å²) in [5.74, 6) is -2.35. The number of hydrogen-bond donors (Lipinski definition) is 3. The van der Waals surface area contributed by atoms with Crippen LogP contribution in [0.3, 0.4) is 0 Å². The lowest BCUT2D eigenvalue weighted by Crippen LogP contribution is -2.27. The molecule has 0 saturated heterocycles. The number of nitrogens with one attached hydrogen (secondary N) is 1. The van der Waals surface area contributed by atoms with Crippen molar-refractivity contribution >= 4 is 46.3 Å². The van der Waals surface area contributed by atoms with Crippen LogP contribution in [-0.2, 0) is 21.4 Å². The minimum atomic E-state index is -2.58. The summed E-state index contributed by atoms with van der Waals surface area (Å²) >= 11 is 5.86. The lowest BCUT2D eigenvalue weighted by atomic mass is 10.2. The summed E-state index contributed by atoms with van der Waals surface area (Å²) in [7, 11) is 0. The van der Waals surface area contributed by atoms with E-state index in [9.17, 15) is 14.7 Å². The molecule has 0 unspecified atom stereocenters. The molecule has 8 heteroatoms. The third-order valence-corrected chi connectivity index (χ3v) is 7.33. The number of hydrogen-bond acceptors (Lipinski definition) is 4. The first-order valence-electron chi connectivity index (χ1n) is 7.43. The molecule has 130 valence electrons. The van der Waals surface area contributed by atoms with E-state index in [1.165, 1.54) is 0 Å². The highest BCUT2D eigenvalue weighted by Crippen LogP contribution is 2.39. The maximum Gasteiger partial charge on any atom is 0.352 e. The van der Waals surface area contributed by atoms with Crippen LogP contribution < -0.4 is 15.8 Å². The topological polar surface area (TPSA) is 99.0 Å². The van der Waals surface area contributed by atoms with Crippen LogP contribution >= 0.6 is 6.19 Å². The SMILES string of the molecule is O=C(O)CCC(=NNP(=S)(c1ccccc1)c1ccccc1)C(=O)O. The van der Waals surface area contributed by atoms with E-state index in [1.807, 2.05) is 60.7 Å². The quantitative estimate of drug-likeness (QED) is 0.370. The Bertz CT molecular complexity index is 782. The molecule has 6 nitrogen and oxygen atoms in total. The van der Waals surface area contributed by atoms with Crippen molar-refractivity contribution < 1.29 is 19.8 Å². The number of hydrazone groups is 1. The molecule has 2 rings (SSSR count). The van der Waals surface area contributed by atoms with Gasteiger partial charge in [-0.1, -0.05) is 72.5 Å². The predicted octanol–water partition coefficient (Wildman–Crippen LogP) is 1.93. The monoisotopic (exact) mass is 376 g/mol. The van der Waals surface area contributed by atoms with Gasteiger partial charge in [0.25, 0.3) is 0 Å². The summed E-state index contributed by atoms with van der Waals surface area (Å²) in [5.41, 5.74) is -0.261. The van der Waals surface area contributed by atoms with Crippen LogP contribution in [0.5, 0.6) is 0 Å². The molecule has 2 aromatic carbocycles. The van der Waals surface area contributed by atoms with Gasteiger partial charge < -0.3 is 10.2 Å². The largest absolute Gasteiger partial charge is 0.481 e. The van der Waals surface area contributed by atoms with Gasteiger partial charge in [-0.05, 0) is 0 Å². The predicted molar refractivity (Wildman–Crippen MR) is 102 cm³/mol. The van der Waals surface area contributed by atoms with Gasteiger partial charge in [-0.3, -0.25) is 9.99 Å². The zero-order valence-corrected chi connectivity index (χ0v) is 14.9. The van der Waals surface area contributed by atoms with Crippen molar-refractivity contribution in [2.45, 2.75) is 12.8 Å². The Balaban J connectivity index is 2.40. The maximum absolute atomic E-state index is 11.3. The summed E-state index contributed by atoms with van der Waals surface area (Å²) in [5, 5.41) is 26.5. The number of carboxylic acids is 2. The Morgan fingerprint density at radius 2 is 1.40 bits per heavy atom. The van der Waals surface area contributed by atoms with Gasteiger partial charge in [-0.25, -0.2) is 4.79 Å².